The topological polar surface area (TPSA) is 58.6 Å². The zero-order valence-corrected chi connectivity index (χ0v) is 17.9. The average Bonchev–Trinajstić information content (AvgIpc) is 2.74. The Labute approximate surface area is 174 Å². The highest BCUT2D eigenvalue weighted by molar-refractivity contribution is 7.89. The molecule has 1 aliphatic heterocycles. The minimum absolute atomic E-state index is 0.297. The SMILES string of the molecule is Cc1ccc([C@@H](CN2CCOCC2)NS(=O)(=O)c2ccc3c(c2)CCCC3)cc1. The van der Waals surface area contributed by atoms with Crippen LogP contribution in [-0.4, -0.2) is 46.2 Å². The van der Waals surface area contributed by atoms with E-state index in [1.165, 1.54) is 17.5 Å². The maximum absolute atomic E-state index is 13.3. The molecule has 4 rings (SSSR count). The molecule has 1 N–H and O–H groups in total. The number of benzene rings is 2. The zero-order chi connectivity index (χ0) is 20.3. The van der Waals surface area contributed by atoms with Crippen molar-refractivity contribution in [1.82, 2.24) is 9.62 Å². The molecule has 29 heavy (non-hydrogen) atoms. The summed E-state index contributed by atoms with van der Waals surface area (Å²) >= 11 is 0. The highest BCUT2D eigenvalue weighted by Crippen LogP contribution is 2.25. The smallest absolute Gasteiger partial charge is 0.241 e. The van der Waals surface area contributed by atoms with Gasteiger partial charge in [-0.25, -0.2) is 13.1 Å². The van der Waals surface area contributed by atoms with E-state index in [9.17, 15) is 8.42 Å². The molecule has 1 atom stereocenters. The molecule has 1 fully saturated rings. The van der Waals surface area contributed by atoms with Crippen LogP contribution in [-0.2, 0) is 27.6 Å². The largest absolute Gasteiger partial charge is 0.379 e. The average molecular weight is 415 g/mol. The molecule has 6 heteroatoms. The quantitative estimate of drug-likeness (QED) is 0.789. The molecule has 2 aromatic rings. The number of hydrogen-bond donors (Lipinski definition) is 1. The first-order valence-corrected chi connectivity index (χ1v) is 12.0. The van der Waals surface area contributed by atoms with Gasteiger partial charge in [-0.3, -0.25) is 4.90 Å². The minimum atomic E-state index is -3.61. The Morgan fingerprint density at radius 2 is 1.69 bits per heavy atom. The van der Waals surface area contributed by atoms with E-state index < -0.39 is 10.0 Å². The van der Waals surface area contributed by atoms with Crippen LogP contribution in [0.25, 0.3) is 0 Å². The Bertz CT molecular complexity index is 935. The summed E-state index contributed by atoms with van der Waals surface area (Å²) < 4.78 is 34.9. The zero-order valence-electron chi connectivity index (χ0n) is 17.1. The molecule has 0 unspecified atom stereocenters. The first-order valence-electron chi connectivity index (χ1n) is 10.5. The van der Waals surface area contributed by atoms with Crippen LogP contribution in [0.2, 0.25) is 0 Å². The molecule has 0 spiro atoms. The van der Waals surface area contributed by atoms with Crippen LogP contribution >= 0.6 is 0 Å². The van der Waals surface area contributed by atoms with Crippen LogP contribution in [0.4, 0.5) is 0 Å². The summed E-state index contributed by atoms with van der Waals surface area (Å²) in [5.74, 6) is 0. The minimum Gasteiger partial charge on any atom is -0.379 e. The number of ether oxygens (including phenoxy) is 1. The van der Waals surface area contributed by atoms with E-state index in [-0.39, 0.29) is 6.04 Å². The number of morpholine rings is 1. The molecule has 156 valence electrons. The number of nitrogens with one attached hydrogen (secondary N) is 1. The lowest BCUT2D eigenvalue weighted by Crippen LogP contribution is -2.43. The molecule has 2 aliphatic rings. The molecular weight excluding hydrogens is 384 g/mol. The normalized spacial score (nSPS) is 18.9. The number of sulfonamides is 1. The molecule has 0 amide bonds. The molecule has 0 radical (unpaired) electrons. The van der Waals surface area contributed by atoms with E-state index in [4.69, 9.17) is 4.74 Å². The molecule has 0 aromatic heterocycles. The fourth-order valence-electron chi connectivity index (χ4n) is 4.18. The first-order chi connectivity index (χ1) is 14.0. The van der Waals surface area contributed by atoms with Gasteiger partial charge in [0.05, 0.1) is 24.2 Å². The van der Waals surface area contributed by atoms with Gasteiger partial charge in [0.25, 0.3) is 0 Å². The summed E-state index contributed by atoms with van der Waals surface area (Å²) in [5.41, 5.74) is 4.62. The van der Waals surface area contributed by atoms with Crippen LogP contribution in [0.5, 0.6) is 0 Å². The molecular formula is C23H30N2O3S. The lowest BCUT2D eigenvalue weighted by atomic mass is 9.92. The third-order valence-electron chi connectivity index (χ3n) is 5.95. The van der Waals surface area contributed by atoms with Gasteiger partial charge in [-0.15, -0.1) is 0 Å². The number of hydrogen-bond acceptors (Lipinski definition) is 4. The van der Waals surface area contributed by atoms with E-state index in [1.54, 1.807) is 6.07 Å². The fourth-order valence-corrected chi connectivity index (χ4v) is 5.45. The van der Waals surface area contributed by atoms with Gasteiger partial charge in [-0.05, 0) is 61.4 Å². The summed E-state index contributed by atoms with van der Waals surface area (Å²) in [5, 5.41) is 0. The molecule has 5 nitrogen and oxygen atoms in total. The molecule has 1 heterocycles. The standard InChI is InChI=1S/C23H30N2O3S/c1-18-6-8-20(9-7-18)23(17-25-12-14-28-15-13-25)24-29(26,27)22-11-10-19-4-2-3-5-21(19)16-22/h6-11,16,23-24H,2-5,12-15,17H2,1H3/t23-/m1/s1. The Balaban J connectivity index is 1.59. The van der Waals surface area contributed by atoms with Crippen molar-refractivity contribution in [2.24, 2.45) is 0 Å². The third-order valence-corrected chi connectivity index (χ3v) is 7.42. The third kappa shape index (κ3) is 5.07. The van der Waals surface area contributed by atoms with Gasteiger partial charge < -0.3 is 4.74 Å². The van der Waals surface area contributed by atoms with Crippen molar-refractivity contribution in [1.29, 1.82) is 0 Å². The van der Waals surface area contributed by atoms with Crippen LogP contribution in [0, 0.1) is 6.92 Å². The van der Waals surface area contributed by atoms with Gasteiger partial charge in [0, 0.05) is 19.6 Å². The van der Waals surface area contributed by atoms with Crippen molar-refractivity contribution in [3.05, 3.63) is 64.7 Å². The number of aryl methyl sites for hydroxylation is 3. The molecule has 1 saturated heterocycles. The van der Waals surface area contributed by atoms with Crippen molar-refractivity contribution in [2.75, 3.05) is 32.8 Å². The van der Waals surface area contributed by atoms with Crippen molar-refractivity contribution in [2.45, 2.75) is 43.5 Å². The fraction of sp³-hybridized carbons (Fsp3) is 0.478. The number of rotatable bonds is 6. The van der Waals surface area contributed by atoms with Crippen molar-refractivity contribution < 1.29 is 13.2 Å². The maximum atomic E-state index is 13.3. The highest BCUT2D eigenvalue weighted by atomic mass is 32.2. The summed E-state index contributed by atoms with van der Waals surface area (Å²) in [6.07, 6.45) is 4.33. The van der Waals surface area contributed by atoms with Gasteiger partial charge in [0.2, 0.25) is 10.0 Å². The van der Waals surface area contributed by atoms with Gasteiger partial charge in [0.1, 0.15) is 0 Å². The number of nitrogens with zero attached hydrogens (tertiary/aromatic N) is 1. The Morgan fingerprint density at radius 1 is 1.00 bits per heavy atom. The van der Waals surface area contributed by atoms with Gasteiger partial charge in [-0.2, -0.15) is 0 Å². The highest BCUT2D eigenvalue weighted by Gasteiger charge is 2.25. The van der Waals surface area contributed by atoms with E-state index in [0.29, 0.717) is 24.7 Å². The molecule has 0 bridgehead atoms. The van der Waals surface area contributed by atoms with Crippen LogP contribution in [0.1, 0.15) is 41.1 Å². The first kappa shape index (κ1) is 20.5. The summed E-state index contributed by atoms with van der Waals surface area (Å²) in [4.78, 5) is 2.64. The predicted octanol–water partition coefficient (Wildman–Crippen LogP) is 3.23. The monoisotopic (exact) mass is 414 g/mol. The Hall–Kier alpha value is -1.73. The summed E-state index contributed by atoms with van der Waals surface area (Å²) in [6.45, 7) is 5.71. The lowest BCUT2D eigenvalue weighted by molar-refractivity contribution is 0.0345. The second kappa shape index (κ2) is 8.96. The van der Waals surface area contributed by atoms with E-state index in [1.807, 2.05) is 43.3 Å². The van der Waals surface area contributed by atoms with Crippen LogP contribution < -0.4 is 4.72 Å². The summed E-state index contributed by atoms with van der Waals surface area (Å²) in [6, 6.07) is 13.4. The van der Waals surface area contributed by atoms with E-state index in [2.05, 4.69) is 9.62 Å². The van der Waals surface area contributed by atoms with E-state index >= 15 is 0 Å². The second-order valence-corrected chi connectivity index (χ2v) is 9.85. The predicted molar refractivity (Wildman–Crippen MR) is 115 cm³/mol. The Kier molecular flexibility index (Phi) is 6.35. The van der Waals surface area contributed by atoms with E-state index in [0.717, 1.165) is 43.5 Å². The van der Waals surface area contributed by atoms with Crippen molar-refractivity contribution >= 4 is 10.0 Å². The molecule has 1 aliphatic carbocycles. The molecule has 2 aromatic carbocycles. The lowest BCUT2D eigenvalue weighted by Gasteiger charge is -2.31. The van der Waals surface area contributed by atoms with Gasteiger partial charge >= 0.3 is 0 Å². The van der Waals surface area contributed by atoms with Crippen molar-refractivity contribution in [3.8, 4) is 0 Å². The summed E-state index contributed by atoms with van der Waals surface area (Å²) in [7, 11) is -3.61. The van der Waals surface area contributed by atoms with Crippen molar-refractivity contribution in [3.63, 3.8) is 0 Å². The second-order valence-electron chi connectivity index (χ2n) is 8.14. The number of fused-ring (bicyclic) bond motifs is 1. The Morgan fingerprint density at radius 3 is 2.41 bits per heavy atom. The maximum Gasteiger partial charge on any atom is 0.241 e. The van der Waals surface area contributed by atoms with Crippen LogP contribution in [0.3, 0.4) is 0 Å². The van der Waals surface area contributed by atoms with Crippen LogP contribution in [0.15, 0.2) is 47.4 Å². The van der Waals surface area contributed by atoms with Gasteiger partial charge in [0.15, 0.2) is 0 Å². The molecule has 0 saturated carbocycles. The van der Waals surface area contributed by atoms with Gasteiger partial charge in [-0.1, -0.05) is 35.9 Å².